The van der Waals surface area contributed by atoms with Gasteiger partial charge in [0.1, 0.15) is 41.6 Å². The van der Waals surface area contributed by atoms with Crippen molar-refractivity contribution >= 4 is 56.5 Å². The van der Waals surface area contributed by atoms with Crippen LogP contribution in [0, 0.1) is 31.4 Å². The van der Waals surface area contributed by atoms with Gasteiger partial charge in [-0.3, -0.25) is 29.0 Å². The molecule has 0 saturated heterocycles. The number of carbonyl (C=O) groups is 1. The summed E-state index contributed by atoms with van der Waals surface area (Å²) in [6.45, 7) is 2.65. The molecule has 1 fully saturated rings. The van der Waals surface area contributed by atoms with Gasteiger partial charge in [0, 0.05) is 35.2 Å². The molecule has 4 atom stereocenters. The van der Waals surface area contributed by atoms with E-state index < -0.39 is 89.0 Å². The second-order valence-corrected chi connectivity index (χ2v) is 16.4. The van der Waals surface area contributed by atoms with Gasteiger partial charge in [-0.15, -0.1) is 0 Å². The smallest absolute Gasteiger partial charge is 0.293 e. The third-order valence-corrected chi connectivity index (χ3v) is 11.7. The van der Waals surface area contributed by atoms with Crippen molar-refractivity contribution in [3.63, 3.8) is 0 Å². The summed E-state index contributed by atoms with van der Waals surface area (Å²) in [6, 6.07) is 9.01. The van der Waals surface area contributed by atoms with Crippen molar-refractivity contribution < 1.29 is 35.7 Å². The molecule has 1 saturated carbocycles. The van der Waals surface area contributed by atoms with E-state index in [0.717, 1.165) is 28.0 Å². The molecule has 60 heavy (non-hydrogen) atoms. The van der Waals surface area contributed by atoms with E-state index in [9.17, 15) is 31.7 Å². The van der Waals surface area contributed by atoms with Crippen molar-refractivity contribution in [2.75, 3.05) is 11.0 Å². The maximum Gasteiger partial charge on any atom is 0.293 e. The molecule has 4 aromatic heterocycles. The van der Waals surface area contributed by atoms with Gasteiger partial charge in [0.15, 0.2) is 0 Å². The first kappa shape index (κ1) is 39.6. The minimum absolute atomic E-state index is 0.00314. The molecule has 4 unspecified atom stereocenters. The Labute approximate surface area is 342 Å². The summed E-state index contributed by atoms with van der Waals surface area (Å²) in [6.07, 6.45) is -2.22. The summed E-state index contributed by atoms with van der Waals surface area (Å²) in [5, 5.41) is 21.1. The Morgan fingerprint density at radius 3 is 2.52 bits per heavy atom. The van der Waals surface area contributed by atoms with E-state index in [1.165, 1.54) is 18.4 Å². The zero-order valence-electron chi connectivity index (χ0n) is 31.5. The molecule has 7 aromatic rings. The van der Waals surface area contributed by atoms with Crippen LogP contribution in [0.5, 0.6) is 0 Å². The number of nitrogens with zero attached hydrogens (tertiary/aromatic N) is 6. The Kier molecular flexibility index (Phi) is 9.51. The van der Waals surface area contributed by atoms with Gasteiger partial charge in [-0.05, 0) is 73.7 Å². The van der Waals surface area contributed by atoms with Crippen LogP contribution in [0.25, 0.3) is 38.6 Å². The second-order valence-electron chi connectivity index (χ2n) is 14.9. The number of halogens is 7. The van der Waals surface area contributed by atoms with Crippen LogP contribution in [-0.4, -0.2) is 56.4 Å². The number of hydrogen-bond acceptors (Lipinski definition) is 8. The lowest BCUT2D eigenvalue weighted by Crippen LogP contribution is -2.38. The molecular weight excluding hydrogens is 838 g/mol. The van der Waals surface area contributed by atoms with Gasteiger partial charge in [0.05, 0.1) is 55.6 Å². The van der Waals surface area contributed by atoms with Crippen LogP contribution in [0.2, 0.25) is 5.02 Å². The molecule has 310 valence electrons. The van der Waals surface area contributed by atoms with E-state index >= 15 is 8.78 Å². The Balaban J connectivity index is 1.24. The fraction of sp³-hybridized carbons (Fsp3) is 0.282. The topological polar surface area (TPSA) is 174 Å². The minimum Gasteiger partial charge on any atom is -0.593 e. The lowest BCUT2D eigenvalue weighted by molar-refractivity contribution is -0.123. The van der Waals surface area contributed by atoms with E-state index in [0.29, 0.717) is 22.0 Å². The molecule has 2 aliphatic carbocycles. The molecule has 4 heterocycles. The third-order valence-electron chi connectivity index (χ3n) is 10.9. The fourth-order valence-corrected chi connectivity index (χ4v) is 9.07. The normalized spacial score (nSPS) is 17.6. The molecular formula is C39H31ClF6N10O3S. The lowest BCUT2D eigenvalue weighted by atomic mass is 10.0. The van der Waals surface area contributed by atoms with Gasteiger partial charge in [-0.1, -0.05) is 17.7 Å². The van der Waals surface area contributed by atoms with Crippen LogP contribution in [0.15, 0.2) is 53.3 Å². The zero-order valence-corrected chi connectivity index (χ0v) is 33.1. The van der Waals surface area contributed by atoms with E-state index in [1.807, 2.05) is 6.92 Å². The Morgan fingerprint density at radius 1 is 1.08 bits per heavy atom. The van der Waals surface area contributed by atoms with E-state index in [4.69, 9.17) is 16.6 Å². The Bertz CT molecular complexity index is 2930. The van der Waals surface area contributed by atoms with E-state index in [2.05, 4.69) is 35.5 Å². The SMILES string of the molecule is Cc1n[nH]c(C)c1-c1ccc2c(=O)n(-c3ccc(Cl)c4c(N[S+](C)[O-])n[nH]c34)c(C(Cc3cc(F)cc(F)c3)NC(=O)Cn3nc(C(F)F)c4c3C(F)(F)C3CC43)nc2c1. The number of aromatic amines is 2. The molecule has 0 radical (unpaired) electrons. The molecule has 0 aliphatic heterocycles. The molecule has 2 aliphatic rings. The number of alkyl halides is 4. The molecule has 1 amide bonds. The van der Waals surface area contributed by atoms with Gasteiger partial charge in [-0.2, -0.15) is 28.8 Å². The average Bonchev–Trinajstić information content (AvgIpc) is 3.41. The molecule has 4 N–H and O–H groups in total. The number of rotatable bonds is 11. The Hall–Kier alpha value is -5.86. The van der Waals surface area contributed by atoms with Crippen LogP contribution < -0.4 is 15.6 Å². The highest BCUT2D eigenvalue weighted by atomic mass is 35.5. The number of H-pyrrole nitrogens is 2. The summed E-state index contributed by atoms with van der Waals surface area (Å²) < 4.78 is 105. The minimum atomic E-state index is -3.52. The molecule has 0 bridgehead atoms. The second kappa shape index (κ2) is 14.4. The summed E-state index contributed by atoms with van der Waals surface area (Å²) in [5.74, 6) is -8.55. The number of hydrogen-bond donors (Lipinski definition) is 4. The predicted molar refractivity (Wildman–Crippen MR) is 210 cm³/mol. The molecule has 0 spiro atoms. The number of amides is 1. The summed E-state index contributed by atoms with van der Waals surface area (Å²) in [5.41, 5.74) is 0.591. The standard InChI is InChI=1S/C39H31ClF6N10O3S/c1-15-29(16(2)50-49-15)18-4-5-21-25(11-18)48-37(56(38(21)58)27-7-6-24(40)31-32(27)51-52-36(31)54-60(3)59)26(10-17-8-19(41)12-20(42)9-17)47-28(57)14-55-34-30(33(53-55)35(43)44)22-13-23(22)39(34,45)46/h4-9,11-12,22-23,26,35H,10,13-14H2,1-3H3,(H,47,57)(H,49,50)(H2,51,52,54). The van der Waals surface area contributed by atoms with Crippen LogP contribution >= 0.6 is 11.6 Å². The molecule has 3 aromatic carbocycles. The molecule has 13 nitrogen and oxygen atoms in total. The van der Waals surface area contributed by atoms with Crippen molar-refractivity contribution in [1.82, 2.24) is 45.0 Å². The van der Waals surface area contributed by atoms with Crippen molar-refractivity contribution in [3.05, 3.63) is 115 Å². The largest absolute Gasteiger partial charge is 0.593 e. The van der Waals surface area contributed by atoms with Crippen molar-refractivity contribution in [3.8, 4) is 16.8 Å². The zero-order chi connectivity index (χ0) is 42.5. The van der Waals surface area contributed by atoms with E-state index in [-0.39, 0.29) is 61.7 Å². The molecule has 9 rings (SSSR count). The maximum absolute atomic E-state index is 15.5. The van der Waals surface area contributed by atoms with Crippen molar-refractivity contribution in [1.29, 1.82) is 0 Å². The summed E-state index contributed by atoms with van der Waals surface area (Å²) >= 11 is 5.00. The van der Waals surface area contributed by atoms with E-state index in [1.54, 1.807) is 25.1 Å². The van der Waals surface area contributed by atoms with Crippen LogP contribution in [0.1, 0.15) is 64.5 Å². The lowest BCUT2D eigenvalue weighted by Gasteiger charge is -2.24. The third kappa shape index (κ3) is 6.56. The summed E-state index contributed by atoms with van der Waals surface area (Å²) in [7, 11) is 0. The monoisotopic (exact) mass is 868 g/mol. The number of fused-ring (bicyclic) bond motifs is 5. The average molecular weight is 869 g/mol. The number of aromatic nitrogens is 8. The van der Waals surface area contributed by atoms with Gasteiger partial charge < -0.3 is 9.87 Å². The van der Waals surface area contributed by atoms with Gasteiger partial charge >= 0.3 is 0 Å². The van der Waals surface area contributed by atoms with Crippen LogP contribution in [0.3, 0.4) is 0 Å². The van der Waals surface area contributed by atoms with Gasteiger partial charge in [0.2, 0.25) is 11.7 Å². The van der Waals surface area contributed by atoms with Gasteiger partial charge in [0.25, 0.3) is 17.9 Å². The molecule has 21 heteroatoms. The van der Waals surface area contributed by atoms with Crippen LogP contribution in [0.4, 0.5) is 32.2 Å². The quantitative estimate of drug-likeness (QED) is 0.0772. The van der Waals surface area contributed by atoms with Crippen LogP contribution in [-0.2, 0) is 35.0 Å². The highest BCUT2D eigenvalue weighted by Crippen LogP contribution is 2.68. The van der Waals surface area contributed by atoms with Gasteiger partial charge in [-0.25, -0.2) is 22.5 Å². The highest BCUT2D eigenvalue weighted by Gasteiger charge is 2.67. The van der Waals surface area contributed by atoms with Crippen molar-refractivity contribution in [2.24, 2.45) is 5.92 Å². The number of carbonyl (C=O) groups excluding carboxylic acids is 1. The van der Waals surface area contributed by atoms with Crippen molar-refractivity contribution in [2.45, 2.75) is 57.5 Å². The number of benzene rings is 3. The number of aryl methyl sites for hydroxylation is 2. The first-order valence-electron chi connectivity index (χ1n) is 18.4. The Morgan fingerprint density at radius 2 is 1.83 bits per heavy atom. The summed E-state index contributed by atoms with van der Waals surface area (Å²) in [4.78, 5) is 33.9. The predicted octanol–water partition coefficient (Wildman–Crippen LogP) is 7.35. The first-order valence-corrected chi connectivity index (χ1v) is 20.3. The maximum atomic E-state index is 15.5. The highest BCUT2D eigenvalue weighted by molar-refractivity contribution is 7.92. The number of anilines is 1. The fourth-order valence-electron chi connectivity index (χ4n) is 8.40. The first-order chi connectivity index (χ1) is 28.5. The number of nitrogens with one attached hydrogen (secondary N) is 4.